The van der Waals surface area contributed by atoms with Crippen LogP contribution < -0.4 is 4.74 Å². The molecule has 0 spiro atoms. The summed E-state index contributed by atoms with van der Waals surface area (Å²) in [6.07, 6.45) is 12.4. The molecule has 0 heterocycles. The van der Waals surface area contributed by atoms with Crippen LogP contribution in [0.1, 0.15) is 68.9 Å². The van der Waals surface area contributed by atoms with Crippen molar-refractivity contribution in [2.45, 2.75) is 57.8 Å². The SMILES string of the molecule is N#CC(=Cc1ccc(OCCCCCCCCCCCO)cc1)c1ccc(F)cc1. The first-order valence-corrected chi connectivity index (χ1v) is 10.9. The molecule has 1 N–H and O–H groups in total. The van der Waals surface area contributed by atoms with Crippen LogP contribution in [0.3, 0.4) is 0 Å². The van der Waals surface area contributed by atoms with E-state index in [-0.39, 0.29) is 5.82 Å². The Bertz CT molecular complexity index is 791. The fourth-order valence-corrected chi connectivity index (χ4v) is 3.28. The average Bonchev–Trinajstić information content (AvgIpc) is 2.77. The van der Waals surface area contributed by atoms with Crippen molar-refractivity contribution in [1.82, 2.24) is 0 Å². The molecule has 30 heavy (non-hydrogen) atoms. The van der Waals surface area contributed by atoms with Gasteiger partial charge in [-0.1, -0.05) is 69.2 Å². The summed E-state index contributed by atoms with van der Waals surface area (Å²) in [6, 6.07) is 15.8. The molecule has 160 valence electrons. The van der Waals surface area contributed by atoms with Crippen LogP contribution in [0.25, 0.3) is 11.6 Å². The number of rotatable bonds is 14. The van der Waals surface area contributed by atoms with E-state index in [1.54, 1.807) is 18.2 Å². The lowest BCUT2D eigenvalue weighted by molar-refractivity contribution is 0.282. The smallest absolute Gasteiger partial charge is 0.123 e. The third kappa shape index (κ3) is 9.24. The van der Waals surface area contributed by atoms with Crippen molar-refractivity contribution in [3.63, 3.8) is 0 Å². The van der Waals surface area contributed by atoms with Gasteiger partial charge in [-0.25, -0.2) is 4.39 Å². The van der Waals surface area contributed by atoms with Crippen molar-refractivity contribution in [2.24, 2.45) is 0 Å². The maximum absolute atomic E-state index is 13.1. The molecule has 0 fully saturated rings. The van der Waals surface area contributed by atoms with Gasteiger partial charge in [-0.3, -0.25) is 0 Å². The summed E-state index contributed by atoms with van der Waals surface area (Å²) < 4.78 is 18.9. The van der Waals surface area contributed by atoms with Gasteiger partial charge < -0.3 is 9.84 Å². The molecule has 0 radical (unpaired) electrons. The van der Waals surface area contributed by atoms with Crippen LogP contribution in [-0.4, -0.2) is 18.3 Å². The van der Waals surface area contributed by atoms with Gasteiger partial charge in [0.2, 0.25) is 0 Å². The maximum atomic E-state index is 13.1. The molecular weight excluding hydrogens is 377 g/mol. The Kier molecular flexibility index (Phi) is 11.3. The van der Waals surface area contributed by atoms with Gasteiger partial charge in [0.05, 0.1) is 18.2 Å². The lowest BCUT2D eigenvalue weighted by Crippen LogP contribution is -1.97. The second kappa shape index (κ2) is 14.4. The Morgan fingerprint density at radius 2 is 1.40 bits per heavy atom. The predicted molar refractivity (Wildman–Crippen MR) is 120 cm³/mol. The van der Waals surface area contributed by atoms with Gasteiger partial charge >= 0.3 is 0 Å². The van der Waals surface area contributed by atoms with Crippen LogP contribution >= 0.6 is 0 Å². The zero-order chi connectivity index (χ0) is 21.4. The molecule has 0 saturated carbocycles. The van der Waals surface area contributed by atoms with Gasteiger partial charge in [0.25, 0.3) is 0 Å². The Morgan fingerprint density at radius 3 is 1.97 bits per heavy atom. The molecule has 2 rings (SSSR count). The van der Waals surface area contributed by atoms with E-state index in [4.69, 9.17) is 9.84 Å². The summed E-state index contributed by atoms with van der Waals surface area (Å²) in [7, 11) is 0. The van der Waals surface area contributed by atoms with Gasteiger partial charge in [-0.05, 0) is 54.3 Å². The van der Waals surface area contributed by atoms with E-state index in [2.05, 4.69) is 6.07 Å². The third-order valence-electron chi connectivity index (χ3n) is 5.04. The van der Waals surface area contributed by atoms with Crippen LogP contribution in [0.15, 0.2) is 48.5 Å². The molecule has 0 atom stereocenters. The highest BCUT2D eigenvalue weighted by molar-refractivity contribution is 5.89. The number of hydrogen-bond donors (Lipinski definition) is 1. The molecular formula is C26H32FNO2. The van der Waals surface area contributed by atoms with Crippen molar-refractivity contribution in [3.8, 4) is 11.8 Å². The highest BCUT2D eigenvalue weighted by atomic mass is 19.1. The number of aliphatic hydroxyl groups excluding tert-OH is 1. The van der Waals surface area contributed by atoms with Gasteiger partial charge in [0.1, 0.15) is 11.6 Å². The number of nitriles is 1. The lowest BCUT2D eigenvalue weighted by Gasteiger charge is -2.07. The number of nitrogens with zero attached hydrogens (tertiary/aromatic N) is 1. The lowest BCUT2D eigenvalue weighted by atomic mass is 10.0. The van der Waals surface area contributed by atoms with E-state index in [1.165, 1.54) is 50.7 Å². The quantitative estimate of drug-likeness (QED) is 0.213. The van der Waals surface area contributed by atoms with E-state index >= 15 is 0 Å². The minimum Gasteiger partial charge on any atom is -0.494 e. The Labute approximate surface area is 179 Å². The second-order valence-electron chi connectivity index (χ2n) is 7.50. The maximum Gasteiger partial charge on any atom is 0.123 e. The molecule has 4 heteroatoms. The Hall–Kier alpha value is -2.64. The first-order chi connectivity index (χ1) is 14.7. The summed E-state index contributed by atoms with van der Waals surface area (Å²) in [4.78, 5) is 0. The monoisotopic (exact) mass is 409 g/mol. The Balaban J connectivity index is 1.66. The molecule has 0 aliphatic heterocycles. The van der Waals surface area contributed by atoms with E-state index < -0.39 is 0 Å². The first-order valence-electron chi connectivity index (χ1n) is 10.9. The van der Waals surface area contributed by atoms with E-state index in [9.17, 15) is 9.65 Å². The zero-order valence-corrected chi connectivity index (χ0v) is 17.7. The van der Waals surface area contributed by atoms with Crippen LogP contribution in [0.5, 0.6) is 5.75 Å². The minimum absolute atomic E-state index is 0.313. The fourth-order valence-electron chi connectivity index (χ4n) is 3.28. The first kappa shape index (κ1) is 23.6. The summed E-state index contributed by atoms with van der Waals surface area (Å²) in [6.45, 7) is 1.03. The number of ether oxygens (including phenoxy) is 1. The highest BCUT2D eigenvalue weighted by Gasteiger charge is 2.02. The van der Waals surface area contributed by atoms with Crippen LogP contribution in [0.2, 0.25) is 0 Å². The summed E-state index contributed by atoms with van der Waals surface area (Å²) in [5.41, 5.74) is 2.10. The molecule has 2 aromatic rings. The van der Waals surface area contributed by atoms with Crippen LogP contribution in [0.4, 0.5) is 4.39 Å². The minimum atomic E-state index is -0.313. The van der Waals surface area contributed by atoms with Crippen molar-refractivity contribution in [3.05, 3.63) is 65.5 Å². The summed E-state index contributed by atoms with van der Waals surface area (Å²) >= 11 is 0. The van der Waals surface area contributed by atoms with Crippen molar-refractivity contribution >= 4 is 11.6 Å². The molecule has 0 aliphatic carbocycles. The molecule has 2 aromatic carbocycles. The van der Waals surface area contributed by atoms with Crippen LogP contribution in [0, 0.1) is 17.1 Å². The standard InChI is InChI=1S/C26H32FNO2/c27-25-14-12-23(13-15-25)24(21-28)20-22-10-16-26(17-11-22)30-19-9-7-5-3-1-2-4-6-8-18-29/h10-17,20,29H,1-9,18-19H2. The molecule has 0 unspecified atom stereocenters. The summed E-state index contributed by atoms with van der Waals surface area (Å²) in [5.74, 6) is 0.517. The fraction of sp³-hybridized carbons (Fsp3) is 0.423. The number of unbranched alkanes of at least 4 members (excludes halogenated alkanes) is 8. The van der Waals surface area contributed by atoms with Crippen molar-refractivity contribution < 1.29 is 14.2 Å². The summed E-state index contributed by atoms with van der Waals surface area (Å²) in [5, 5.41) is 18.1. The normalized spacial score (nSPS) is 11.3. The number of halogens is 1. The number of allylic oxidation sites excluding steroid dienone is 1. The van der Waals surface area contributed by atoms with Gasteiger partial charge in [0.15, 0.2) is 0 Å². The molecule has 0 aliphatic rings. The van der Waals surface area contributed by atoms with Gasteiger partial charge in [-0.15, -0.1) is 0 Å². The van der Waals surface area contributed by atoms with Crippen molar-refractivity contribution in [1.29, 1.82) is 5.26 Å². The van der Waals surface area contributed by atoms with E-state index in [0.717, 1.165) is 30.6 Å². The number of aliphatic hydroxyl groups is 1. The topological polar surface area (TPSA) is 53.2 Å². The zero-order valence-electron chi connectivity index (χ0n) is 17.7. The van der Waals surface area contributed by atoms with Crippen LogP contribution in [-0.2, 0) is 0 Å². The Morgan fingerprint density at radius 1 is 0.833 bits per heavy atom. The molecule has 0 amide bonds. The second-order valence-corrected chi connectivity index (χ2v) is 7.50. The molecule has 0 bridgehead atoms. The van der Waals surface area contributed by atoms with E-state index in [0.29, 0.717) is 24.4 Å². The van der Waals surface area contributed by atoms with E-state index in [1.807, 2.05) is 24.3 Å². The molecule has 0 aromatic heterocycles. The third-order valence-corrected chi connectivity index (χ3v) is 5.04. The van der Waals surface area contributed by atoms with Gasteiger partial charge in [-0.2, -0.15) is 5.26 Å². The average molecular weight is 410 g/mol. The molecule has 3 nitrogen and oxygen atoms in total. The highest BCUT2D eigenvalue weighted by Crippen LogP contribution is 2.20. The largest absolute Gasteiger partial charge is 0.494 e. The van der Waals surface area contributed by atoms with Crippen molar-refractivity contribution in [2.75, 3.05) is 13.2 Å². The predicted octanol–water partition coefficient (Wildman–Crippen LogP) is 6.77. The number of benzene rings is 2. The van der Waals surface area contributed by atoms with Gasteiger partial charge in [0, 0.05) is 6.61 Å². The number of hydrogen-bond acceptors (Lipinski definition) is 3. The molecule has 0 saturated heterocycles.